The molecule has 3 N–H and O–H groups in total. The van der Waals surface area contributed by atoms with Crippen molar-refractivity contribution >= 4 is 11.9 Å². The van der Waals surface area contributed by atoms with E-state index in [9.17, 15) is 9.59 Å². The van der Waals surface area contributed by atoms with Gasteiger partial charge in [-0.1, -0.05) is 58.3 Å². The topological polar surface area (TPSA) is 89.9 Å². The Morgan fingerprint density at radius 3 is 2.00 bits per heavy atom. The third kappa shape index (κ3) is 17.7. The van der Waals surface area contributed by atoms with Crippen molar-refractivity contribution in [3.05, 3.63) is 0 Å². The number of carboxylic acids is 1. The van der Waals surface area contributed by atoms with E-state index >= 15 is 0 Å². The maximum absolute atomic E-state index is 11.8. The average Bonchev–Trinajstić information content (AvgIpc) is 2.60. The number of rotatable bonds is 19. The van der Waals surface area contributed by atoms with Crippen molar-refractivity contribution in [3.63, 3.8) is 0 Å². The van der Waals surface area contributed by atoms with Crippen LogP contribution in [0.1, 0.15) is 84.0 Å². The number of carboxylic acid groups (broad SMARTS) is 1. The quantitative estimate of drug-likeness (QED) is 0.303. The summed E-state index contributed by atoms with van der Waals surface area (Å²) in [6, 6.07) is 0. The first-order chi connectivity index (χ1) is 12.6. The van der Waals surface area contributed by atoms with Crippen molar-refractivity contribution in [1.29, 1.82) is 0 Å². The lowest BCUT2D eigenvalue weighted by atomic mass is 10.1. The molecule has 0 unspecified atom stereocenters. The van der Waals surface area contributed by atoms with Crippen LogP contribution in [-0.2, 0) is 9.59 Å². The van der Waals surface area contributed by atoms with Gasteiger partial charge in [0, 0.05) is 32.5 Å². The Labute approximate surface area is 159 Å². The lowest BCUT2D eigenvalue weighted by molar-refractivity contribution is -0.137. The first-order valence-corrected chi connectivity index (χ1v) is 10.4. The number of carbonyl (C=O) groups is 2. The Morgan fingerprint density at radius 2 is 1.42 bits per heavy atom. The van der Waals surface area contributed by atoms with Gasteiger partial charge in [0.2, 0.25) is 5.91 Å². The van der Waals surface area contributed by atoms with E-state index in [-0.39, 0.29) is 18.9 Å². The number of nitrogens with zero attached hydrogens (tertiary/aromatic N) is 1. The second kappa shape index (κ2) is 18.6. The van der Waals surface area contributed by atoms with Crippen LogP contribution in [0.2, 0.25) is 0 Å². The summed E-state index contributed by atoms with van der Waals surface area (Å²) < 4.78 is 0. The molecular formula is C20H40N2O4. The first kappa shape index (κ1) is 24.9. The summed E-state index contributed by atoms with van der Waals surface area (Å²) in [5.74, 6) is -0.717. The van der Waals surface area contributed by atoms with Gasteiger partial charge in [-0.2, -0.15) is 0 Å². The average molecular weight is 373 g/mol. The predicted octanol–water partition coefficient (Wildman–Crippen LogP) is 3.18. The molecule has 0 heterocycles. The van der Waals surface area contributed by atoms with Gasteiger partial charge in [0.1, 0.15) is 0 Å². The predicted molar refractivity (Wildman–Crippen MR) is 105 cm³/mol. The van der Waals surface area contributed by atoms with Crippen molar-refractivity contribution in [2.75, 3.05) is 32.8 Å². The van der Waals surface area contributed by atoms with E-state index < -0.39 is 5.97 Å². The number of hydrogen-bond donors (Lipinski definition) is 3. The Balaban J connectivity index is 3.56. The Hall–Kier alpha value is -1.14. The summed E-state index contributed by atoms with van der Waals surface area (Å²) in [7, 11) is 0. The number of aliphatic hydroxyl groups is 1. The fraction of sp³-hybridized carbons (Fsp3) is 0.900. The summed E-state index contributed by atoms with van der Waals surface area (Å²) in [4.78, 5) is 24.4. The standard InChI is InChI=1S/C20H40N2O4/c1-2-3-4-5-6-7-8-9-10-12-19(24)21-14-16-22(17-18-23)15-11-13-20(25)26/h23H,2-18H2,1H3,(H,21,24)(H,25,26). The summed E-state index contributed by atoms with van der Waals surface area (Å²) >= 11 is 0. The molecule has 0 aliphatic heterocycles. The Kier molecular flexibility index (Phi) is 17.8. The number of hydrogen-bond acceptors (Lipinski definition) is 4. The van der Waals surface area contributed by atoms with Crippen LogP contribution in [0.5, 0.6) is 0 Å². The highest BCUT2D eigenvalue weighted by molar-refractivity contribution is 5.75. The van der Waals surface area contributed by atoms with Crippen LogP contribution < -0.4 is 5.32 Å². The SMILES string of the molecule is CCCCCCCCCCCC(=O)NCCN(CCO)CCCC(=O)O. The molecule has 0 aromatic carbocycles. The third-order valence-corrected chi connectivity index (χ3v) is 4.54. The summed E-state index contributed by atoms with van der Waals surface area (Å²) in [5.41, 5.74) is 0. The fourth-order valence-electron chi connectivity index (χ4n) is 2.97. The molecule has 6 nitrogen and oxygen atoms in total. The molecule has 0 rings (SSSR count). The van der Waals surface area contributed by atoms with Crippen molar-refractivity contribution < 1.29 is 19.8 Å². The van der Waals surface area contributed by atoms with Gasteiger partial charge in [0.05, 0.1) is 6.61 Å². The van der Waals surface area contributed by atoms with E-state index in [1.165, 1.54) is 44.9 Å². The molecule has 0 aliphatic rings. The largest absolute Gasteiger partial charge is 0.481 e. The monoisotopic (exact) mass is 372 g/mol. The van der Waals surface area contributed by atoms with E-state index in [0.717, 1.165) is 12.8 Å². The minimum Gasteiger partial charge on any atom is -0.481 e. The highest BCUT2D eigenvalue weighted by atomic mass is 16.4. The zero-order chi connectivity index (χ0) is 19.5. The van der Waals surface area contributed by atoms with Crippen molar-refractivity contribution in [2.24, 2.45) is 0 Å². The van der Waals surface area contributed by atoms with Crippen molar-refractivity contribution in [1.82, 2.24) is 10.2 Å². The third-order valence-electron chi connectivity index (χ3n) is 4.54. The zero-order valence-electron chi connectivity index (χ0n) is 16.7. The second-order valence-electron chi connectivity index (χ2n) is 6.99. The van der Waals surface area contributed by atoms with E-state index in [1.54, 1.807) is 0 Å². The number of nitrogens with one attached hydrogen (secondary N) is 1. The van der Waals surface area contributed by atoms with Gasteiger partial charge < -0.3 is 15.5 Å². The van der Waals surface area contributed by atoms with Gasteiger partial charge >= 0.3 is 5.97 Å². The van der Waals surface area contributed by atoms with Crippen molar-refractivity contribution in [3.8, 4) is 0 Å². The molecule has 0 bridgehead atoms. The molecule has 0 saturated heterocycles. The molecule has 0 aromatic heterocycles. The van der Waals surface area contributed by atoms with Crippen LogP contribution in [-0.4, -0.2) is 59.8 Å². The molecule has 0 spiro atoms. The first-order valence-electron chi connectivity index (χ1n) is 10.4. The Bertz CT molecular complexity index is 351. The van der Waals surface area contributed by atoms with Crippen LogP contribution in [0.3, 0.4) is 0 Å². The normalized spacial score (nSPS) is 11.0. The molecule has 0 saturated carbocycles. The summed E-state index contributed by atoms with van der Waals surface area (Å²) in [6.45, 7) is 4.59. The molecule has 0 fully saturated rings. The molecule has 1 amide bonds. The minimum atomic E-state index is -0.803. The molecule has 0 aromatic rings. The molecule has 154 valence electrons. The lowest BCUT2D eigenvalue weighted by Gasteiger charge is -2.21. The lowest BCUT2D eigenvalue weighted by Crippen LogP contribution is -2.37. The second-order valence-corrected chi connectivity index (χ2v) is 6.99. The molecule has 6 heteroatoms. The number of carbonyl (C=O) groups excluding carboxylic acids is 1. The highest BCUT2D eigenvalue weighted by Crippen LogP contribution is 2.10. The van der Waals surface area contributed by atoms with Gasteiger partial charge in [-0.15, -0.1) is 0 Å². The van der Waals surface area contributed by atoms with Gasteiger partial charge in [-0.3, -0.25) is 14.5 Å². The van der Waals surface area contributed by atoms with Crippen LogP contribution in [0, 0.1) is 0 Å². The number of aliphatic carboxylic acids is 1. The Morgan fingerprint density at radius 1 is 0.808 bits per heavy atom. The minimum absolute atomic E-state index is 0.0411. The zero-order valence-corrected chi connectivity index (χ0v) is 16.7. The number of unbranched alkanes of at least 4 members (excludes halogenated alkanes) is 8. The summed E-state index contributed by atoms with van der Waals surface area (Å²) in [6.07, 6.45) is 12.5. The van der Waals surface area contributed by atoms with Crippen LogP contribution in [0.15, 0.2) is 0 Å². The number of aliphatic hydroxyl groups excluding tert-OH is 1. The van der Waals surface area contributed by atoms with Gasteiger partial charge in [0.25, 0.3) is 0 Å². The van der Waals surface area contributed by atoms with E-state index in [4.69, 9.17) is 10.2 Å². The molecular weight excluding hydrogens is 332 g/mol. The van der Waals surface area contributed by atoms with E-state index in [1.807, 2.05) is 4.90 Å². The van der Waals surface area contributed by atoms with E-state index in [0.29, 0.717) is 39.0 Å². The van der Waals surface area contributed by atoms with Crippen LogP contribution in [0.25, 0.3) is 0 Å². The van der Waals surface area contributed by atoms with E-state index in [2.05, 4.69) is 12.2 Å². The molecule has 26 heavy (non-hydrogen) atoms. The van der Waals surface area contributed by atoms with Gasteiger partial charge in [-0.25, -0.2) is 0 Å². The molecule has 0 aliphatic carbocycles. The van der Waals surface area contributed by atoms with Crippen LogP contribution in [0.4, 0.5) is 0 Å². The summed E-state index contributed by atoms with van der Waals surface area (Å²) in [5, 5.41) is 20.6. The number of amides is 1. The maximum Gasteiger partial charge on any atom is 0.303 e. The maximum atomic E-state index is 11.8. The van der Waals surface area contributed by atoms with Gasteiger partial charge in [-0.05, 0) is 19.4 Å². The smallest absolute Gasteiger partial charge is 0.303 e. The van der Waals surface area contributed by atoms with Gasteiger partial charge in [0.15, 0.2) is 0 Å². The highest BCUT2D eigenvalue weighted by Gasteiger charge is 2.07. The fourth-order valence-corrected chi connectivity index (χ4v) is 2.97. The van der Waals surface area contributed by atoms with Crippen LogP contribution >= 0.6 is 0 Å². The molecule has 0 radical (unpaired) electrons. The van der Waals surface area contributed by atoms with Crippen molar-refractivity contribution in [2.45, 2.75) is 84.0 Å². The molecule has 0 atom stereocenters.